The highest BCUT2D eigenvalue weighted by atomic mass is 19.4. The first-order valence-electron chi connectivity index (χ1n) is 8.46. The number of imidazole rings is 1. The van der Waals surface area contributed by atoms with Crippen LogP contribution in [0.1, 0.15) is 12.0 Å². The number of pyridine rings is 1. The van der Waals surface area contributed by atoms with Crippen molar-refractivity contribution in [1.29, 1.82) is 0 Å². The highest BCUT2D eigenvalue weighted by Crippen LogP contribution is 2.49. The lowest BCUT2D eigenvalue weighted by Gasteiger charge is -2.48. The maximum absolute atomic E-state index is 15.6. The minimum atomic E-state index is -5.61. The smallest absolute Gasteiger partial charge is 0.354 e. The van der Waals surface area contributed by atoms with Crippen molar-refractivity contribution in [3.05, 3.63) is 30.2 Å². The standard InChI is InChI=1S/C16H12F7N5O2/c17-14(16(21,22)23)6-27(2-1-13(14)11(29)25-12(30)26-13)10-4-8(15(18,19)20)3-9-5-24-7-28(9)10/h3-5,7H,1-2,6H2,(H2,25,26,29,30). The molecule has 7 nitrogen and oxygen atoms in total. The van der Waals surface area contributed by atoms with E-state index in [-0.39, 0.29) is 11.3 Å². The number of piperidine rings is 1. The SMILES string of the molecule is O=C1NC(=O)C2(CCN(c3cc(C(F)(F)F)cc4cncn34)CC2(F)C(F)(F)F)N1. The number of carbonyl (C=O) groups is 2. The van der Waals surface area contributed by atoms with Crippen molar-refractivity contribution in [1.82, 2.24) is 20.0 Å². The Labute approximate surface area is 162 Å². The molecule has 2 aliphatic rings. The summed E-state index contributed by atoms with van der Waals surface area (Å²) in [4.78, 5) is 28.0. The minimum Gasteiger partial charge on any atom is -0.354 e. The fraction of sp³-hybridized carbons (Fsp3) is 0.438. The van der Waals surface area contributed by atoms with Crippen LogP contribution in [0.2, 0.25) is 0 Å². The zero-order chi connectivity index (χ0) is 22.1. The third kappa shape index (κ3) is 2.69. The van der Waals surface area contributed by atoms with Gasteiger partial charge in [-0.1, -0.05) is 0 Å². The summed E-state index contributed by atoms with van der Waals surface area (Å²) in [5.74, 6) is -1.87. The zero-order valence-electron chi connectivity index (χ0n) is 14.7. The molecule has 2 aromatic rings. The van der Waals surface area contributed by atoms with Gasteiger partial charge >= 0.3 is 18.4 Å². The number of fused-ring (bicyclic) bond motifs is 1. The molecule has 0 bridgehead atoms. The Hall–Kier alpha value is -3.06. The van der Waals surface area contributed by atoms with Gasteiger partial charge in [0.15, 0.2) is 5.54 Å². The third-order valence-corrected chi connectivity index (χ3v) is 5.39. The van der Waals surface area contributed by atoms with Crippen molar-refractivity contribution in [3.63, 3.8) is 0 Å². The number of hydrogen-bond donors (Lipinski definition) is 2. The van der Waals surface area contributed by atoms with Gasteiger partial charge < -0.3 is 10.2 Å². The molecule has 3 amide bonds. The third-order valence-electron chi connectivity index (χ3n) is 5.39. The van der Waals surface area contributed by atoms with E-state index in [1.165, 1.54) is 0 Å². The first kappa shape index (κ1) is 20.2. The summed E-state index contributed by atoms with van der Waals surface area (Å²) in [7, 11) is 0. The maximum Gasteiger partial charge on any atom is 0.427 e. The molecule has 2 unspecified atom stereocenters. The number of alkyl halides is 7. The number of hydrogen-bond acceptors (Lipinski definition) is 4. The summed E-state index contributed by atoms with van der Waals surface area (Å²) in [5.41, 5.74) is -8.41. The van der Waals surface area contributed by atoms with E-state index in [4.69, 9.17) is 0 Å². The summed E-state index contributed by atoms with van der Waals surface area (Å²) >= 11 is 0. The second-order valence-electron chi connectivity index (χ2n) is 7.07. The molecule has 2 fully saturated rings. The van der Waals surface area contributed by atoms with E-state index in [2.05, 4.69) is 4.98 Å². The molecule has 2 saturated heterocycles. The average molecular weight is 439 g/mol. The van der Waals surface area contributed by atoms with Gasteiger partial charge in [0, 0.05) is 13.0 Å². The Bertz CT molecular complexity index is 1050. The van der Waals surface area contributed by atoms with E-state index < -0.39 is 60.6 Å². The van der Waals surface area contributed by atoms with Gasteiger partial charge in [-0.2, -0.15) is 26.3 Å². The Morgan fingerprint density at radius 2 is 1.80 bits per heavy atom. The monoisotopic (exact) mass is 439 g/mol. The van der Waals surface area contributed by atoms with Crippen molar-refractivity contribution in [2.75, 3.05) is 18.0 Å². The van der Waals surface area contributed by atoms with Gasteiger partial charge in [-0.3, -0.25) is 14.5 Å². The van der Waals surface area contributed by atoms with Crippen LogP contribution in [0.5, 0.6) is 0 Å². The molecule has 162 valence electrons. The second kappa shape index (κ2) is 5.98. The highest BCUT2D eigenvalue weighted by Gasteiger charge is 2.75. The topological polar surface area (TPSA) is 78.7 Å². The van der Waals surface area contributed by atoms with Gasteiger partial charge in [0.1, 0.15) is 12.1 Å². The highest BCUT2D eigenvalue weighted by molar-refractivity contribution is 6.08. The van der Waals surface area contributed by atoms with Crippen molar-refractivity contribution in [2.45, 2.75) is 30.0 Å². The summed E-state index contributed by atoms with van der Waals surface area (Å²) in [6, 6.07) is 0.0475. The molecule has 4 rings (SSSR count). The Kier molecular flexibility index (Phi) is 4.03. The first-order valence-corrected chi connectivity index (χ1v) is 8.46. The molecule has 1 spiro atoms. The van der Waals surface area contributed by atoms with Crippen molar-refractivity contribution in [3.8, 4) is 0 Å². The van der Waals surface area contributed by atoms with Crippen molar-refractivity contribution in [2.24, 2.45) is 0 Å². The summed E-state index contributed by atoms with van der Waals surface area (Å²) in [6.45, 7) is -1.96. The number of anilines is 1. The van der Waals surface area contributed by atoms with Crippen LogP contribution in [-0.4, -0.2) is 51.8 Å². The molecule has 2 N–H and O–H groups in total. The number of urea groups is 1. The quantitative estimate of drug-likeness (QED) is 0.529. The molecule has 4 heterocycles. The molecule has 14 heteroatoms. The van der Waals surface area contributed by atoms with Crippen LogP contribution in [-0.2, 0) is 11.0 Å². The minimum absolute atomic E-state index is 0.0662. The van der Waals surface area contributed by atoms with Crippen molar-refractivity contribution < 1.29 is 40.3 Å². The van der Waals surface area contributed by atoms with Crippen molar-refractivity contribution >= 4 is 23.3 Å². The van der Waals surface area contributed by atoms with Crippen LogP contribution in [0.3, 0.4) is 0 Å². The van der Waals surface area contributed by atoms with Gasteiger partial charge in [-0.05, 0) is 12.1 Å². The Morgan fingerprint density at radius 3 is 2.37 bits per heavy atom. The summed E-state index contributed by atoms with van der Waals surface area (Å²) < 4.78 is 97.8. The van der Waals surface area contributed by atoms with E-state index >= 15 is 4.39 Å². The number of halogens is 7. The molecule has 2 aliphatic heterocycles. The van der Waals surface area contributed by atoms with E-state index in [9.17, 15) is 35.9 Å². The average Bonchev–Trinajstić information content (AvgIpc) is 3.19. The predicted octanol–water partition coefficient (Wildman–Crippen LogP) is 2.41. The van der Waals surface area contributed by atoms with Gasteiger partial charge in [0.2, 0.25) is 0 Å². The number of nitrogens with zero attached hydrogens (tertiary/aromatic N) is 3. The van der Waals surface area contributed by atoms with Crippen LogP contribution in [0, 0.1) is 0 Å². The van der Waals surface area contributed by atoms with Crippen LogP contribution in [0.4, 0.5) is 41.3 Å². The van der Waals surface area contributed by atoms with E-state index in [1.54, 1.807) is 10.6 Å². The molecule has 2 atom stereocenters. The number of carbonyl (C=O) groups excluding carboxylic acids is 2. The molecule has 0 radical (unpaired) electrons. The first-order chi connectivity index (χ1) is 13.8. The molecule has 0 aromatic carbocycles. The number of amides is 3. The van der Waals surface area contributed by atoms with Crippen LogP contribution < -0.4 is 15.5 Å². The summed E-state index contributed by atoms with van der Waals surface area (Å²) in [6.07, 6.45) is -9.11. The molecule has 30 heavy (non-hydrogen) atoms. The fourth-order valence-electron chi connectivity index (χ4n) is 3.87. The number of imide groups is 1. The van der Waals surface area contributed by atoms with Crippen LogP contribution in [0.15, 0.2) is 24.7 Å². The van der Waals surface area contributed by atoms with Gasteiger partial charge in [-0.15, -0.1) is 0 Å². The van der Waals surface area contributed by atoms with E-state index in [0.29, 0.717) is 6.07 Å². The molecular weight excluding hydrogens is 427 g/mol. The predicted molar refractivity (Wildman–Crippen MR) is 86.3 cm³/mol. The molecule has 0 saturated carbocycles. The number of nitrogens with one attached hydrogen (secondary N) is 2. The van der Waals surface area contributed by atoms with Crippen LogP contribution in [0.25, 0.3) is 5.52 Å². The molecular formula is C16H12F7N5O2. The normalized spacial score (nSPS) is 27.6. The van der Waals surface area contributed by atoms with Gasteiger partial charge in [0.25, 0.3) is 11.6 Å². The second-order valence-corrected chi connectivity index (χ2v) is 7.07. The summed E-state index contributed by atoms with van der Waals surface area (Å²) in [5, 5.41) is 3.34. The largest absolute Gasteiger partial charge is 0.427 e. The Morgan fingerprint density at radius 1 is 1.10 bits per heavy atom. The Balaban J connectivity index is 1.83. The molecule has 0 aliphatic carbocycles. The molecule has 2 aromatic heterocycles. The number of aromatic nitrogens is 2. The van der Waals surface area contributed by atoms with E-state index in [1.807, 2.05) is 0 Å². The number of rotatable bonds is 1. The lowest BCUT2D eigenvalue weighted by atomic mass is 9.74. The maximum atomic E-state index is 15.6. The van der Waals surface area contributed by atoms with E-state index in [0.717, 1.165) is 27.9 Å². The van der Waals surface area contributed by atoms with Crippen LogP contribution >= 0.6 is 0 Å². The van der Waals surface area contributed by atoms with Gasteiger partial charge in [0.05, 0.1) is 23.8 Å². The zero-order valence-corrected chi connectivity index (χ0v) is 14.7. The van der Waals surface area contributed by atoms with Gasteiger partial charge in [-0.25, -0.2) is 14.2 Å². The fourth-order valence-corrected chi connectivity index (χ4v) is 3.87. The lowest BCUT2D eigenvalue weighted by molar-refractivity contribution is -0.252. The lowest BCUT2D eigenvalue weighted by Crippen LogP contribution is -2.75.